The minimum absolute atomic E-state index is 0.0152. The number of nitrogens with zero attached hydrogens (tertiary/aromatic N) is 3. The Morgan fingerprint density at radius 2 is 1.68 bits per heavy atom. The van der Waals surface area contributed by atoms with Crippen molar-refractivity contribution in [2.75, 3.05) is 31.3 Å². The van der Waals surface area contributed by atoms with Gasteiger partial charge < -0.3 is 29.8 Å². The number of carbonyl (C=O) groups is 2. The summed E-state index contributed by atoms with van der Waals surface area (Å²) in [6, 6.07) is 26.2. The molecule has 5 aromatic rings. The first-order chi connectivity index (χ1) is 24.4. The van der Waals surface area contributed by atoms with E-state index in [1.54, 1.807) is 11.3 Å². The number of morpholine rings is 1. The number of ether oxygens (including phenoxy) is 2. The van der Waals surface area contributed by atoms with Gasteiger partial charge >= 0.3 is 6.09 Å². The van der Waals surface area contributed by atoms with Crippen LogP contribution in [0.2, 0.25) is 0 Å². The fraction of sp³-hybridized carbons (Fsp3) is 0.324. The summed E-state index contributed by atoms with van der Waals surface area (Å²) >= 11 is 3.09. The Hall–Kier alpha value is -4.56. The number of thiazole rings is 1. The molecule has 0 radical (unpaired) electrons. The number of benzene rings is 3. The maximum absolute atomic E-state index is 14.1. The van der Waals surface area contributed by atoms with Gasteiger partial charge in [0.15, 0.2) is 0 Å². The number of carbonyl (C=O) groups excluding carboxylic acids is 2. The lowest BCUT2D eigenvalue weighted by molar-refractivity contribution is -0.118. The van der Waals surface area contributed by atoms with Crippen LogP contribution < -0.4 is 16.0 Å². The van der Waals surface area contributed by atoms with Crippen LogP contribution in [-0.4, -0.2) is 71.4 Å². The highest BCUT2D eigenvalue weighted by Crippen LogP contribution is 2.30. The van der Waals surface area contributed by atoms with E-state index in [4.69, 9.17) is 13.9 Å². The van der Waals surface area contributed by atoms with Crippen molar-refractivity contribution in [2.24, 2.45) is 0 Å². The zero-order valence-corrected chi connectivity index (χ0v) is 29.5. The highest BCUT2D eigenvalue weighted by molar-refractivity contribution is 7.99. The van der Waals surface area contributed by atoms with Gasteiger partial charge in [0.05, 0.1) is 36.4 Å². The molecule has 3 atom stereocenters. The summed E-state index contributed by atoms with van der Waals surface area (Å²) in [5.41, 5.74) is 4.37. The minimum Gasteiger partial charge on any atom is -0.453 e. The molecule has 3 heterocycles. The Morgan fingerprint density at radius 1 is 0.980 bits per heavy atom. The molecule has 50 heavy (non-hydrogen) atoms. The molecule has 0 saturated carbocycles. The van der Waals surface area contributed by atoms with Crippen LogP contribution in [0.1, 0.15) is 45.6 Å². The number of anilines is 1. The van der Waals surface area contributed by atoms with Crippen LogP contribution in [-0.2, 0) is 27.1 Å². The molecule has 1 saturated heterocycles. The largest absolute Gasteiger partial charge is 0.453 e. The molecule has 1 aliphatic rings. The lowest BCUT2D eigenvalue weighted by Crippen LogP contribution is -2.48. The van der Waals surface area contributed by atoms with E-state index in [-0.39, 0.29) is 18.1 Å². The Morgan fingerprint density at radius 3 is 2.38 bits per heavy atom. The third-order valence-electron chi connectivity index (χ3n) is 8.37. The summed E-state index contributed by atoms with van der Waals surface area (Å²) in [6.45, 7) is 3.44. The molecule has 11 nitrogen and oxygen atoms in total. The molecule has 2 amide bonds. The molecule has 1 aliphatic heterocycles. The number of thioether (sulfide) groups is 1. The fourth-order valence-corrected chi connectivity index (χ4v) is 7.38. The topological polar surface area (TPSA) is 140 Å². The van der Waals surface area contributed by atoms with Crippen molar-refractivity contribution in [3.63, 3.8) is 0 Å². The zero-order valence-electron chi connectivity index (χ0n) is 27.9. The van der Waals surface area contributed by atoms with Crippen molar-refractivity contribution in [3.8, 4) is 0 Å². The van der Waals surface area contributed by atoms with Gasteiger partial charge in [0, 0.05) is 35.8 Å². The summed E-state index contributed by atoms with van der Waals surface area (Å²) < 4.78 is 17.2. The Balaban J connectivity index is 1.08. The van der Waals surface area contributed by atoms with Gasteiger partial charge in [-0.25, -0.2) is 9.78 Å². The van der Waals surface area contributed by atoms with Gasteiger partial charge in [0.2, 0.25) is 11.8 Å². The molecule has 6 rings (SSSR count). The quantitative estimate of drug-likeness (QED) is 0.117. The van der Waals surface area contributed by atoms with E-state index >= 15 is 0 Å². The van der Waals surface area contributed by atoms with Gasteiger partial charge in [-0.3, -0.25) is 4.79 Å². The first-order valence-corrected chi connectivity index (χ1v) is 18.4. The van der Waals surface area contributed by atoms with Crippen molar-refractivity contribution in [3.05, 3.63) is 124 Å². The SMILES string of the molecule is COC(=O)N[C@H](C(=O)Nc1ccccc1CC[C@@H]1CNC[C@@H](CSc2nnc(Cc3csc(C)n3)o2)O1)C(c1ccccc1)c1ccccc1. The van der Waals surface area contributed by atoms with Gasteiger partial charge in [0.25, 0.3) is 5.22 Å². The number of methoxy groups -OCH3 is 1. The lowest BCUT2D eigenvalue weighted by atomic mass is 9.84. The number of aryl methyl sites for hydroxylation is 2. The normalized spacial score (nSPS) is 16.5. The Bertz CT molecular complexity index is 1800. The van der Waals surface area contributed by atoms with Crippen LogP contribution in [0.5, 0.6) is 0 Å². The van der Waals surface area contributed by atoms with Crippen LogP contribution in [0.15, 0.2) is 99.9 Å². The van der Waals surface area contributed by atoms with E-state index in [2.05, 4.69) is 31.1 Å². The number of rotatable bonds is 14. The number of nitrogens with one attached hydrogen (secondary N) is 3. The van der Waals surface area contributed by atoms with Gasteiger partial charge in [-0.15, -0.1) is 21.5 Å². The second kappa shape index (κ2) is 17.4. The predicted octanol–water partition coefficient (Wildman–Crippen LogP) is 6.00. The summed E-state index contributed by atoms with van der Waals surface area (Å²) in [5, 5.41) is 21.3. The molecular formula is C37H40N6O5S2. The highest BCUT2D eigenvalue weighted by Gasteiger charge is 2.33. The molecule has 2 aromatic heterocycles. The molecule has 1 fully saturated rings. The van der Waals surface area contributed by atoms with Gasteiger partial charge in [-0.05, 0) is 42.5 Å². The number of hydrogen-bond donors (Lipinski definition) is 3. The van der Waals surface area contributed by atoms with E-state index in [1.807, 2.05) is 97.2 Å². The number of alkyl carbamates (subject to hydrolysis) is 1. The van der Waals surface area contributed by atoms with Crippen molar-refractivity contribution in [2.45, 2.75) is 55.6 Å². The molecule has 13 heteroatoms. The second-order valence-electron chi connectivity index (χ2n) is 11.9. The molecule has 3 aromatic carbocycles. The molecule has 0 aliphatic carbocycles. The average Bonchev–Trinajstić information content (AvgIpc) is 3.78. The van der Waals surface area contributed by atoms with Gasteiger partial charge in [-0.1, -0.05) is 90.6 Å². The highest BCUT2D eigenvalue weighted by atomic mass is 32.2. The summed E-state index contributed by atoms with van der Waals surface area (Å²) in [4.78, 5) is 31.1. The Kier molecular flexibility index (Phi) is 12.3. The third kappa shape index (κ3) is 9.57. The third-order valence-corrected chi connectivity index (χ3v) is 10.1. The second-order valence-corrected chi connectivity index (χ2v) is 14.0. The van der Waals surface area contributed by atoms with Crippen molar-refractivity contribution in [1.29, 1.82) is 0 Å². The van der Waals surface area contributed by atoms with Gasteiger partial charge in [-0.2, -0.15) is 0 Å². The lowest BCUT2D eigenvalue weighted by Gasteiger charge is -2.31. The molecule has 0 unspecified atom stereocenters. The van der Waals surface area contributed by atoms with Crippen molar-refractivity contribution >= 4 is 40.8 Å². The summed E-state index contributed by atoms with van der Waals surface area (Å²) in [7, 11) is 1.29. The van der Waals surface area contributed by atoms with E-state index in [1.165, 1.54) is 18.9 Å². The summed E-state index contributed by atoms with van der Waals surface area (Å²) in [6.07, 6.45) is 1.23. The first-order valence-electron chi connectivity index (χ1n) is 16.5. The number of hydrogen-bond acceptors (Lipinski definition) is 11. The molecule has 0 spiro atoms. The van der Waals surface area contributed by atoms with Gasteiger partial charge in [0.1, 0.15) is 6.04 Å². The van der Waals surface area contributed by atoms with E-state index in [9.17, 15) is 9.59 Å². The van der Waals surface area contributed by atoms with Crippen LogP contribution in [0, 0.1) is 6.92 Å². The molecular weight excluding hydrogens is 673 g/mol. The Labute approximate surface area is 299 Å². The molecule has 0 bridgehead atoms. The number of aromatic nitrogens is 3. The summed E-state index contributed by atoms with van der Waals surface area (Å²) in [5.74, 6) is 0.416. The average molecular weight is 713 g/mol. The molecule has 3 N–H and O–H groups in total. The smallest absolute Gasteiger partial charge is 0.407 e. The standard InChI is InChI=1S/C37H40N6O5S2/c1-24-39-28(22-49-24)19-32-42-43-37(48-32)50-23-30-21-38-20-29(47-30)18-17-25-11-9-10-16-31(25)40-35(44)34(41-36(45)46-2)33(26-12-5-3-6-13-26)27-14-7-4-8-15-27/h3-16,22,29-30,33-34,38H,17-21,23H2,1-2H3,(H,40,44)(H,41,45)/t29-,30+,34+/m1/s1. The van der Waals surface area contributed by atoms with Crippen LogP contribution in [0.4, 0.5) is 10.5 Å². The minimum atomic E-state index is -0.948. The molecule has 260 valence electrons. The number of amides is 2. The van der Waals surface area contributed by atoms with E-state index in [0.717, 1.165) is 46.9 Å². The maximum atomic E-state index is 14.1. The van der Waals surface area contributed by atoms with Crippen molar-refractivity contribution < 1.29 is 23.5 Å². The fourth-order valence-electron chi connectivity index (χ4n) is 5.99. The van der Waals surface area contributed by atoms with Crippen LogP contribution in [0.25, 0.3) is 0 Å². The monoisotopic (exact) mass is 712 g/mol. The van der Waals surface area contributed by atoms with E-state index in [0.29, 0.717) is 35.4 Å². The van der Waals surface area contributed by atoms with Crippen LogP contribution in [0.3, 0.4) is 0 Å². The predicted molar refractivity (Wildman–Crippen MR) is 194 cm³/mol. The van der Waals surface area contributed by atoms with Crippen molar-refractivity contribution in [1.82, 2.24) is 25.8 Å². The van der Waals surface area contributed by atoms with E-state index < -0.39 is 18.1 Å². The maximum Gasteiger partial charge on any atom is 0.407 e. The number of para-hydroxylation sites is 1. The zero-order chi connectivity index (χ0) is 34.7. The first kappa shape index (κ1) is 35.3. The van der Waals surface area contributed by atoms with Crippen LogP contribution >= 0.6 is 23.1 Å².